The molecule has 2 aromatic heterocycles. The SMILES string of the molecule is c1ccc(CC2OCC(=Nc3ccnc4ncccc34)O2)cc1. The molecule has 1 unspecified atom stereocenters. The first kappa shape index (κ1) is 13.8. The van der Waals surface area contributed by atoms with Gasteiger partial charge in [-0.05, 0) is 23.8 Å². The maximum atomic E-state index is 5.81. The van der Waals surface area contributed by atoms with Crippen molar-refractivity contribution < 1.29 is 9.47 Å². The minimum Gasteiger partial charge on any atom is -0.449 e. The van der Waals surface area contributed by atoms with E-state index >= 15 is 0 Å². The molecule has 0 N–H and O–H groups in total. The van der Waals surface area contributed by atoms with Crippen LogP contribution in [0.4, 0.5) is 5.69 Å². The van der Waals surface area contributed by atoms with Crippen molar-refractivity contribution >= 4 is 22.6 Å². The number of ether oxygens (including phenoxy) is 2. The molecule has 1 saturated heterocycles. The molecule has 23 heavy (non-hydrogen) atoms. The van der Waals surface area contributed by atoms with Crippen molar-refractivity contribution in [2.45, 2.75) is 12.7 Å². The fraction of sp³-hybridized carbons (Fsp3) is 0.167. The lowest BCUT2D eigenvalue weighted by molar-refractivity contribution is -0.0208. The van der Waals surface area contributed by atoms with E-state index in [1.54, 1.807) is 12.4 Å². The zero-order valence-electron chi connectivity index (χ0n) is 12.4. The van der Waals surface area contributed by atoms with Crippen molar-refractivity contribution in [1.82, 2.24) is 9.97 Å². The van der Waals surface area contributed by atoms with Gasteiger partial charge >= 0.3 is 0 Å². The molecule has 0 spiro atoms. The molecule has 4 rings (SSSR count). The van der Waals surface area contributed by atoms with E-state index in [-0.39, 0.29) is 6.29 Å². The van der Waals surface area contributed by atoms with E-state index in [2.05, 4.69) is 27.1 Å². The zero-order chi connectivity index (χ0) is 15.5. The Morgan fingerprint density at radius 1 is 1.00 bits per heavy atom. The topological polar surface area (TPSA) is 56.6 Å². The summed E-state index contributed by atoms with van der Waals surface area (Å²) in [4.78, 5) is 13.0. The Hall–Kier alpha value is -2.79. The van der Waals surface area contributed by atoms with Crippen molar-refractivity contribution in [3.8, 4) is 0 Å². The number of benzene rings is 1. The minimum absolute atomic E-state index is 0.289. The molecule has 1 atom stereocenters. The number of nitrogens with zero attached hydrogens (tertiary/aromatic N) is 3. The molecule has 1 fully saturated rings. The smallest absolute Gasteiger partial charge is 0.217 e. The van der Waals surface area contributed by atoms with E-state index in [9.17, 15) is 0 Å². The maximum absolute atomic E-state index is 5.81. The van der Waals surface area contributed by atoms with Gasteiger partial charge in [-0.2, -0.15) is 0 Å². The number of rotatable bonds is 3. The highest BCUT2D eigenvalue weighted by atomic mass is 16.7. The van der Waals surface area contributed by atoms with E-state index in [0.717, 1.165) is 11.1 Å². The highest BCUT2D eigenvalue weighted by Crippen LogP contribution is 2.24. The molecule has 114 valence electrons. The average molecular weight is 305 g/mol. The van der Waals surface area contributed by atoms with Crippen molar-refractivity contribution in [2.24, 2.45) is 4.99 Å². The molecule has 3 aromatic rings. The highest BCUT2D eigenvalue weighted by Gasteiger charge is 2.23. The van der Waals surface area contributed by atoms with E-state index in [1.165, 1.54) is 5.56 Å². The van der Waals surface area contributed by atoms with Crippen LogP contribution in [-0.4, -0.2) is 28.8 Å². The Balaban J connectivity index is 1.53. The van der Waals surface area contributed by atoms with Crippen LogP contribution in [0.25, 0.3) is 11.0 Å². The third-order valence-electron chi connectivity index (χ3n) is 3.64. The van der Waals surface area contributed by atoms with Crippen LogP contribution in [0, 0.1) is 0 Å². The first-order valence-corrected chi connectivity index (χ1v) is 7.48. The second kappa shape index (κ2) is 6.14. The lowest BCUT2D eigenvalue weighted by atomic mass is 10.1. The third kappa shape index (κ3) is 3.05. The molecule has 0 saturated carbocycles. The van der Waals surface area contributed by atoms with Gasteiger partial charge in [0.05, 0.1) is 5.69 Å². The van der Waals surface area contributed by atoms with Gasteiger partial charge in [0.2, 0.25) is 12.2 Å². The van der Waals surface area contributed by atoms with E-state index in [4.69, 9.17) is 9.47 Å². The van der Waals surface area contributed by atoms with Crippen molar-refractivity contribution in [1.29, 1.82) is 0 Å². The van der Waals surface area contributed by atoms with Crippen LogP contribution in [0.5, 0.6) is 0 Å². The number of hydrogen-bond donors (Lipinski definition) is 0. The van der Waals surface area contributed by atoms with Crippen LogP contribution < -0.4 is 0 Å². The number of aliphatic imine (C=N–C) groups is 1. The predicted molar refractivity (Wildman–Crippen MR) is 87.6 cm³/mol. The Morgan fingerprint density at radius 3 is 2.78 bits per heavy atom. The summed E-state index contributed by atoms with van der Waals surface area (Å²) in [5.74, 6) is 0.585. The average Bonchev–Trinajstić information content (AvgIpc) is 3.03. The van der Waals surface area contributed by atoms with Gasteiger partial charge in [-0.25, -0.2) is 15.0 Å². The molecule has 5 nitrogen and oxygen atoms in total. The summed E-state index contributed by atoms with van der Waals surface area (Å²) in [6.07, 6.45) is 3.84. The molecule has 0 aliphatic carbocycles. The van der Waals surface area contributed by atoms with Crippen LogP contribution in [0.1, 0.15) is 5.56 Å². The maximum Gasteiger partial charge on any atom is 0.217 e. The molecule has 1 aromatic carbocycles. The highest BCUT2D eigenvalue weighted by molar-refractivity contribution is 5.91. The monoisotopic (exact) mass is 305 g/mol. The Kier molecular flexibility index (Phi) is 3.70. The fourth-order valence-electron chi connectivity index (χ4n) is 2.55. The standard InChI is InChI=1S/C18H15N3O2/c1-2-5-13(6-3-1)11-17-22-12-16(23-17)21-15-8-10-20-18-14(15)7-4-9-19-18/h1-10,17H,11-12H2. The van der Waals surface area contributed by atoms with E-state index in [0.29, 0.717) is 24.6 Å². The summed E-state index contributed by atoms with van der Waals surface area (Å²) in [5.41, 5.74) is 2.65. The molecule has 0 radical (unpaired) electrons. The molecule has 3 heterocycles. The van der Waals surface area contributed by atoms with Crippen molar-refractivity contribution in [3.63, 3.8) is 0 Å². The Labute approximate surface area is 133 Å². The normalized spacial score (nSPS) is 19.1. The summed E-state index contributed by atoms with van der Waals surface area (Å²) in [5, 5.41) is 0.901. The number of fused-ring (bicyclic) bond motifs is 1. The molecular formula is C18H15N3O2. The van der Waals surface area contributed by atoms with Gasteiger partial charge < -0.3 is 9.47 Å². The van der Waals surface area contributed by atoms with Gasteiger partial charge in [0.15, 0.2) is 5.65 Å². The Morgan fingerprint density at radius 2 is 1.87 bits per heavy atom. The van der Waals surface area contributed by atoms with Crippen molar-refractivity contribution in [3.05, 3.63) is 66.5 Å². The van der Waals surface area contributed by atoms with Crippen LogP contribution in [-0.2, 0) is 15.9 Å². The first-order valence-electron chi connectivity index (χ1n) is 7.48. The van der Waals surface area contributed by atoms with Crippen LogP contribution in [0.2, 0.25) is 0 Å². The van der Waals surface area contributed by atoms with Gasteiger partial charge in [0.1, 0.15) is 6.61 Å². The number of pyridine rings is 2. The molecular weight excluding hydrogens is 290 g/mol. The van der Waals surface area contributed by atoms with Gasteiger partial charge in [0, 0.05) is 24.2 Å². The van der Waals surface area contributed by atoms with Crippen LogP contribution in [0.15, 0.2) is 65.9 Å². The lowest BCUT2D eigenvalue weighted by Crippen LogP contribution is -2.11. The largest absolute Gasteiger partial charge is 0.449 e. The van der Waals surface area contributed by atoms with Gasteiger partial charge in [-0.1, -0.05) is 30.3 Å². The van der Waals surface area contributed by atoms with E-state index in [1.807, 2.05) is 36.4 Å². The van der Waals surface area contributed by atoms with Gasteiger partial charge in [0.25, 0.3) is 0 Å². The Bertz CT molecular complexity index is 844. The second-order valence-corrected chi connectivity index (χ2v) is 5.26. The third-order valence-corrected chi connectivity index (χ3v) is 3.64. The first-order chi connectivity index (χ1) is 11.4. The molecule has 0 amide bonds. The summed E-state index contributed by atoms with van der Waals surface area (Å²) in [7, 11) is 0. The summed E-state index contributed by atoms with van der Waals surface area (Å²) in [6.45, 7) is 0.377. The van der Waals surface area contributed by atoms with Gasteiger partial charge in [-0.3, -0.25) is 0 Å². The predicted octanol–water partition coefficient (Wildman–Crippen LogP) is 3.28. The minimum atomic E-state index is -0.289. The van der Waals surface area contributed by atoms with Crippen LogP contribution >= 0.6 is 0 Å². The number of aromatic nitrogens is 2. The molecule has 5 heteroatoms. The summed E-state index contributed by atoms with van der Waals surface area (Å²) >= 11 is 0. The number of hydrogen-bond acceptors (Lipinski definition) is 5. The zero-order valence-corrected chi connectivity index (χ0v) is 12.4. The fourth-order valence-corrected chi connectivity index (χ4v) is 2.55. The van der Waals surface area contributed by atoms with Gasteiger partial charge in [-0.15, -0.1) is 0 Å². The quantitative estimate of drug-likeness (QED) is 0.745. The van der Waals surface area contributed by atoms with Crippen molar-refractivity contribution in [2.75, 3.05) is 6.61 Å². The summed E-state index contributed by atoms with van der Waals surface area (Å²) < 4.78 is 11.5. The summed E-state index contributed by atoms with van der Waals surface area (Å²) in [6, 6.07) is 15.8. The molecule has 1 aliphatic rings. The van der Waals surface area contributed by atoms with Crippen LogP contribution in [0.3, 0.4) is 0 Å². The molecule has 0 bridgehead atoms. The lowest BCUT2D eigenvalue weighted by Gasteiger charge is -2.08. The van der Waals surface area contributed by atoms with E-state index < -0.39 is 0 Å². The second-order valence-electron chi connectivity index (χ2n) is 5.26. The molecule has 1 aliphatic heterocycles.